The summed E-state index contributed by atoms with van der Waals surface area (Å²) < 4.78 is 25.7. The van der Waals surface area contributed by atoms with Gasteiger partial charge in [-0.1, -0.05) is 18.2 Å². The molecule has 2 rings (SSSR count). The maximum atomic E-state index is 11.9. The average molecular weight is 277 g/mol. The number of hydrogen-bond donors (Lipinski definition) is 2. The van der Waals surface area contributed by atoms with Crippen LogP contribution in [-0.4, -0.2) is 19.3 Å². The van der Waals surface area contributed by atoms with Crippen LogP contribution in [0.2, 0.25) is 0 Å². The van der Waals surface area contributed by atoms with Crippen molar-refractivity contribution in [2.75, 3.05) is 5.73 Å². The van der Waals surface area contributed by atoms with Crippen molar-refractivity contribution in [2.24, 2.45) is 0 Å². The molecule has 2 aromatic rings. The molecule has 0 radical (unpaired) electrons. The van der Waals surface area contributed by atoms with Crippen molar-refractivity contribution >= 4 is 21.6 Å². The second-order valence-electron chi connectivity index (χ2n) is 3.72. The summed E-state index contributed by atoms with van der Waals surface area (Å²) in [5, 5.41) is 0. The molecule has 0 aliphatic heterocycles. The molecule has 0 aliphatic rings. The van der Waals surface area contributed by atoms with E-state index < -0.39 is 15.9 Å². The lowest BCUT2D eigenvalue weighted by Gasteiger charge is -2.06. The van der Waals surface area contributed by atoms with Crippen molar-refractivity contribution in [1.82, 2.24) is 9.71 Å². The van der Waals surface area contributed by atoms with E-state index in [1.54, 1.807) is 18.2 Å². The lowest BCUT2D eigenvalue weighted by Crippen LogP contribution is -2.31. The van der Waals surface area contributed by atoms with Crippen LogP contribution in [0.4, 0.5) is 5.69 Å². The Morgan fingerprint density at radius 1 is 1.11 bits per heavy atom. The zero-order valence-corrected chi connectivity index (χ0v) is 10.6. The van der Waals surface area contributed by atoms with Crippen LogP contribution in [0.15, 0.2) is 53.6 Å². The van der Waals surface area contributed by atoms with Gasteiger partial charge in [-0.15, -0.1) is 0 Å². The van der Waals surface area contributed by atoms with Gasteiger partial charge in [-0.25, -0.2) is 18.1 Å². The summed E-state index contributed by atoms with van der Waals surface area (Å²) in [5.74, 6) is -0.802. The molecule has 7 heteroatoms. The third-order valence-corrected chi connectivity index (χ3v) is 3.65. The van der Waals surface area contributed by atoms with Gasteiger partial charge in [-0.2, -0.15) is 0 Å². The second kappa shape index (κ2) is 5.07. The maximum absolute atomic E-state index is 11.9. The summed E-state index contributed by atoms with van der Waals surface area (Å²) in [6, 6.07) is 10.4. The van der Waals surface area contributed by atoms with Crippen molar-refractivity contribution < 1.29 is 13.2 Å². The first kappa shape index (κ1) is 13.0. The summed E-state index contributed by atoms with van der Waals surface area (Å²) in [6.07, 6.45) is 1.28. The van der Waals surface area contributed by atoms with Crippen molar-refractivity contribution in [1.29, 1.82) is 0 Å². The fourth-order valence-corrected chi connectivity index (χ4v) is 2.35. The van der Waals surface area contributed by atoms with Gasteiger partial charge < -0.3 is 5.73 Å². The third kappa shape index (κ3) is 3.08. The van der Waals surface area contributed by atoms with Crippen LogP contribution < -0.4 is 10.5 Å². The molecule has 6 nitrogen and oxygen atoms in total. The van der Waals surface area contributed by atoms with E-state index >= 15 is 0 Å². The number of rotatable bonds is 3. The zero-order valence-electron chi connectivity index (χ0n) is 9.78. The number of nitrogens with two attached hydrogens (primary N) is 1. The molecular formula is C12H11N3O3S. The molecule has 0 spiro atoms. The van der Waals surface area contributed by atoms with Crippen LogP contribution in [0.3, 0.4) is 0 Å². The summed E-state index contributed by atoms with van der Waals surface area (Å²) >= 11 is 0. The Labute approximate surface area is 110 Å². The van der Waals surface area contributed by atoms with Gasteiger partial charge in [0.1, 0.15) is 5.69 Å². The number of aromatic nitrogens is 1. The molecule has 1 aromatic heterocycles. The molecule has 1 heterocycles. The van der Waals surface area contributed by atoms with E-state index in [0.717, 1.165) is 0 Å². The van der Waals surface area contributed by atoms with Crippen LogP contribution in [0.1, 0.15) is 10.5 Å². The Morgan fingerprint density at radius 3 is 2.37 bits per heavy atom. The molecule has 0 bridgehead atoms. The number of nitrogen functional groups attached to an aromatic ring is 1. The minimum absolute atomic E-state index is 0.0128. The topological polar surface area (TPSA) is 102 Å². The number of pyridine rings is 1. The molecule has 0 fully saturated rings. The molecule has 3 N–H and O–H groups in total. The van der Waals surface area contributed by atoms with E-state index in [2.05, 4.69) is 4.98 Å². The first-order chi connectivity index (χ1) is 8.99. The Morgan fingerprint density at radius 2 is 1.79 bits per heavy atom. The average Bonchev–Trinajstić information content (AvgIpc) is 2.40. The molecule has 0 saturated heterocycles. The molecule has 0 aliphatic carbocycles. The highest BCUT2D eigenvalue weighted by Gasteiger charge is 2.18. The SMILES string of the molecule is Nc1ccc(C(=O)NS(=O)(=O)c2ccccc2)nc1. The fraction of sp³-hybridized carbons (Fsp3) is 0. The molecular weight excluding hydrogens is 266 g/mol. The number of carbonyl (C=O) groups excluding carboxylic acids is 1. The largest absolute Gasteiger partial charge is 0.397 e. The van der Waals surface area contributed by atoms with Gasteiger partial charge in [0.05, 0.1) is 16.8 Å². The molecule has 0 saturated carbocycles. The van der Waals surface area contributed by atoms with Gasteiger partial charge >= 0.3 is 0 Å². The van der Waals surface area contributed by atoms with Gasteiger partial charge in [-0.3, -0.25) is 4.79 Å². The summed E-state index contributed by atoms with van der Waals surface area (Å²) in [4.78, 5) is 15.5. The Hall–Kier alpha value is -2.41. The fourth-order valence-electron chi connectivity index (χ4n) is 1.37. The van der Waals surface area contributed by atoms with Crippen LogP contribution >= 0.6 is 0 Å². The van der Waals surface area contributed by atoms with E-state index in [1.165, 1.54) is 30.5 Å². The van der Waals surface area contributed by atoms with E-state index in [-0.39, 0.29) is 10.6 Å². The number of anilines is 1. The van der Waals surface area contributed by atoms with Crippen molar-refractivity contribution in [3.05, 3.63) is 54.4 Å². The summed E-state index contributed by atoms with van der Waals surface area (Å²) in [7, 11) is -3.89. The molecule has 98 valence electrons. The van der Waals surface area contributed by atoms with Crippen LogP contribution in [0, 0.1) is 0 Å². The number of nitrogens with one attached hydrogen (secondary N) is 1. The molecule has 0 unspecified atom stereocenters. The van der Waals surface area contributed by atoms with Gasteiger partial charge in [0.25, 0.3) is 15.9 Å². The molecule has 1 aromatic carbocycles. The van der Waals surface area contributed by atoms with Gasteiger partial charge in [0, 0.05) is 0 Å². The highest BCUT2D eigenvalue weighted by molar-refractivity contribution is 7.90. The monoisotopic (exact) mass is 277 g/mol. The molecule has 1 amide bonds. The normalized spacial score (nSPS) is 10.9. The minimum Gasteiger partial charge on any atom is -0.397 e. The summed E-state index contributed by atoms with van der Waals surface area (Å²) in [5.41, 5.74) is 5.80. The van der Waals surface area contributed by atoms with Crippen molar-refractivity contribution in [2.45, 2.75) is 4.90 Å². The van der Waals surface area contributed by atoms with E-state index in [4.69, 9.17) is 5.73 Å². The quantitative estimate of drug-likeness (QED) is 0.863. The Kier molecular flexibility index (Phi) is 3.48. The predicted octanol–water partition coefficient (Wildman–Crippen LogP) is 0.783. The zero-order chi connectivity index (χ0) is 13.9. The second-order valence-corrected chi connectivity index (χ2v) is 5.41. The van der Waals surface area contributed by atoms with Crippen LogP contribution in [0.5, 0.6) is 0 Å². The highest BCUT2D eigenvalue weighted by atomic mass is 32.2. The maximum Gasteiger partial charge on any atom is 0.283 e. The number of nitrogens with zero attached hydrogens (tertiary/aromatic N) is 1. The summed E-state index contributed by atoms with van der Waals surface area (Å²) in [6.45, 7) is 0. The van der Waals surface area contributed by atoms with Gasteiger partial charge in [0.15, 0.2) is 0 Å². The number of amides is 1. The molecule has 19 heavy (non-hydrogen) atoms. The van der Waals surface area contributed by atoms with E-state index in [0.29, 0.717) is 5.69 Å². The smallest absolute Gasteiger partial charge is 0.283 e. The minimum atomic E-state index is -3.89. The van der Waals surface area contributed by atoms with Crippen LogP contribution in [-0.2, 0) is 10.0 Å². The first-order valence-corrected chi connectivity index (χ1v) is 6.81. The molecule has 0 atom stereocenters. The lowest BCUT2D eigenvalue weighted by molar-refractivity contribution is 0.0976. The first-order valence-electron chi connectivity index (χ1n) is 5.33. The number of benzene rings is 1. The number of hydrogen-bond acceptors (Lipinski definition) is 5. The lowest BCUT2D eigenvalue weighted by atomic mass is 10.3. The Balaban J connectivity index is 2.22. The van der Waals surface area contributed by atoms with E-state index in [1.807, 2.05) is 4.72 Å². The van der Waals surface area contributed by atoms with E-state index in [9.17, 15) is 13.2 Å². The van der Waals surface area contributed by atoms with Gasteiger partial charge in [-0.05, 0) is 24.3 Å². The standard InChI is InChI=1S/C12H11N3O3S/c13-9-6-7-11(14-8-9)12(16)15-19(17,18)10-4-2-1-3-5-10/h1-8H,13H2,(H,15,16). The number of sulfonamides is 1. The van der Waals surface area contributed by atoms with Crippen LogP contribution in [0.25, 0.3) is 0 Å². The van der Waals surface area contributed by atoms with Crippen molar-refractivity contribution in [3.63, 3.8) is 0 Å². The highest BCUT2D eigenvalue weighted by Crippen LogP contribution is 2.08. The third-order valence-electron chi connectivity index (χ3n) is 2.30. The Bertz CT molecular complexity index is 682. The van der Waals surface area contributed by atoms with Gasteiger partial charge in [0.2, 0.25) is 0 Å². The predicted molar refractivity (Wildman–Crippen MR) is 69.7 cm³/mol. The number of carbonyl (C=O) groups is 1. The van der Waals surface area contributed by atoms with Crippen molar-refractivity contribution in [3.8, 4) is 0 Å².